The molecule has 0 saturated carbocycles. The van der Waals surface area contributed by atoms with E-state index < -0.39 is 0 Å². The summed E-state index contributed by atoms with van der Waals surface area (Å²) in [4.78, 5) is 12.5. The molecule has 0 spiro atoms. The summed E-state index contributed by atoms with van der Waals surface area (Å²) in [6.45, 7) is 3.17. The van der Waals surface area contributed by atoms with Gasteiger partial charge in [-0.1, -0.05) is 70.1 Å². The average Bonchev–Trinajstić information content (AvgIpc) is 3.31. The number of nitrogens with zero attached hydrogens (tertiary/aromatic N) is 2. The number of rotatable bonds is 10. The third-order valence-electron chi connectivity index (χ3n) is 5.95. The van der Waals surface area contributed by atoms with Crippen LogP contribution in [0, 0.1) is 6.92 Å². The van der Waals surface area contributed by atoms with Crippen molar-refractivity contribution in [3.05, 3.63) is 115 Å². The van der Waals surface area contributed by atoms with Crippen LogP contribution in [-0.2, 0) is 29.2 Å². The van der Waals surface area contributed by atoms with Crippen molar-refractivity contribution in [1.29, 1.82) is 0 Å². The second kappa shape index (κ2) is 13.2. The van der Waals surface area contributed by atoms with E-state index in [1.165, 1.54) is 0 Å². The van der Waals surface area contributed by atoms with E-state index >= 15 is 0 Å². The first-order valence-electron chi connectivity index (χ1n) is 11.8. The number of amides is 1. The molecule has 0 radical (unpaired) electrons. The number of hydrogen-bond acceptors (Lipinski definition) is 2. The number of carbonyl (C=O) groups is 1. The number of anilines is 1. The second-order valence-corrected chi connectivity index (χ2v) is 10.9. The summed E-state index contributed by atoms with van der Waals surface area (Å²) in [7, 11) is 0. The van der Waals surface area contributed by atoms with Gasteiger partial charge in [0.05, 0.1) is 19.6 Å². The molecule has 0 aliphatic rings. The molecule has 4 aromatic rings. The fourth-order valence-electron chi connectivity index (χ4n) is 3.91. The zero-order valence-electron chi connectivity index (χ0n) is 20.4. The van der Waals surface area contributed by atoms with Crippen molar-refractivity contribution in [2.75, 3.05) is 5.32 Å². The molecule has 1 N–H and O–H groups in total. The maximum atomic E-state index is 12.5. The van der Waals surface area contributed by atoms with Gasteiger partial charge in [-0.15, -0.1) is 0 Å². The molecule has 3 aromatic carbocycles. The highest BCUT2D eigenvalue weighted by Gasteiger charge is 2.21. The fourth-order valence-corrected chi connectivity index (χ4v) is 5.13. The molecular formula is C28H25Cl5N3O2+. The van der Waals surface area contributed by atoms with Crippen LogP contribution in [0.5, 0.6) is 0 Å². The van der Waals surface area contributed by atoms with Crippen molar-refractivity contribution in [1.82, 2.24) is 4.57 Å². The Morgan fingerprint density at radius 1 is 0.947 bits per heavy atom. The molecule has 1 atom stereocenters. The quantitative estimate of drug-likeness (QED) is 0.183. The minimum atomic E-state index is -0.386. The maximum Gasteiger partial charge on any atom is 0.243 e. The highest BCUT2D eigenvalue weighted by Crippen LogP contribution is 2.31. The van der Waals surface area contributed by atoms with Gasteiger partial charge in [0.15, 0.2) is 0 Å². The van der Waals surface area contributed by atoms with Crippen LogP contribution in [0.3, 0.4) is 0 Å². The van der Waals surface area contributed by atoms with Gasteiger partial charge in [-0.25, -0.2) is 9.13 Å². The third-order valence-corrected chi connectivity index (χ3v) is 7.33. The Labute approximate surface area is 246 Å². The Bertz CT molecular complexity index is 1440. The normalized spacial score (nSPS) is 11.9. The molecule has 0 saturated heterocycles. The van der Waals surface area contributed by atoms with Gasteiger partial charge in [0.1, 0.15) is 25.0 Å². The number of nitrogens with one attached hydrogen (secondary N) is 1. The van der Waals surface area contributed by atoms with Gasteiger partial charge in [0.25, 0.3) is 0 Å². The third kappa shape index (κ3) is 7.89. The first-order valence-corrected chi connectivity index (χ1v) is 13.7. The van der Waals surface area contributed by atoms with Crippen molar-refractivity contribution >= 4 is 69.6 Å². The molecule has 10 heteroatoms. The minimum Gasteiger partial charge on any atom is -0.365 e. The van der Waals surface area contributed by atoms with Crippen molar-refractivity contribution in [2.24, 2.45) is 0 Å². The van der Waals surface area contributed by atoms with E-state index in [1.807, 2.05) is 53.0 Å². The molecule has 0 aliphatic heterocycles. The highest BCUT2D eigenvalue weighted by atomic mass is 35.5. The van der Waals surface area contributed by atoms with Gasteiger partial charge in [0, 0.05) is 36.4 Å². The number of imidazole rings is 1. The summed E-state index contributed by atoms with van der Waals surface area (Å²) < 4.78 is 10.2. The van der Waals surface area contributed by atoms with Crippen LogP contribution in [0.15, 0.2) is 73.3 Å². The molecule has 0 fully saturated rings. The molecule has 38 heavy (non-hydrogen) atoms. The van der Waals surface area contributed by atoms with Gasteiger partial charge in [-0.3, -0.25) is 4.79 Å². The number of hydrogen-bond donors (Lipinski definition) is 1. The van der Waals surface area contributed by atoms with Gasteiger partial charge >= 0.3 is 0 Å². The predicted molar refractivity (Wildman–Crippen MR) is 155 cm³/mol. The largest absolute Gasteiger partial charge is 0.365 e. The number of aryl methyl sites for hydroxylation is 2. The van der Waals surface area contributed by atoms with Crippen molar-refractivity contribution < 1.29 is 14.1 Å². The topological polar surface area (TPSA) is 47.1 Å². The lowest BCUT2D eigenvalue weighted by atomic mass is 10.1. The first-order chi connectivity index (χ1) is 18.2. The smallest absolute Gasteiger partial charge is 0.243 e. The van der Waals surface area contributed by atoms with E-state index in [9.17, 15) is 4.79 Å². The van der Waals surface area contributed by atoms with E-state index in [4.69, 9.17) is 62.7 Å². The lowest BCUT2D eigenvalue weighted by Gasteiger charge is -2.19. The van der Waals surface area contributed by atoms with E-state index in [2.05, 4.69) is 5.32 Å². The summed E-state index contributed by atoms with van der Waals surface area (Å²) in [5.41, 5.74) is 3.29. The van der Waals surface area contributed by atoms with Crippen molar-refractivity contribution in [3.63, 3.8) is 0 Å². The monoisotopic (exact) mass is 610 g/mol. The summed E-state index contributed by atoms with van der Waals surface area (Å²) >= 11 is 31.0. The standard InChI is InChI=1S/C28H24Cl5N3O2/c1-18-12-20(29)5-7-26(18)34-28(37)8-9-35-10-11-36(17-35)15-27(23-6-4-22(31)14-25(23)33)38-16-19-2-3-21(30)13-24(19)32/h2-7,10-14,17,27H,8-9,15-16H2,1H3/p+1. The summed E-state index contributed by atoms with van der Waals surface area (Å²) in [6, 6.07) is 16.0. The average molecular weight is 613 g/mol. The molecule has 198 valence electrons. The number of halogens is 5. The minimum absolute atomic E-state index is 0.0790. The Kier molecular flexibility index (Phi) is 9.99. The summed E-state index contributed by atoms with van der Waals surface area (Å²) in [6.07, 6.45) is 5.70. The lowest BCUT2D eigenvalue weighted by molar-refractivity contribution is -0.704. The SMILES string of the molecule is Cc1cc(Cl)ccc1NC(=O)CCn1cc[n+](CC(OCc2ccc(Cl)cc2Cl)c2ccc(Cl)cc2Cl)c1. The molecule has 1 aromatic heterocycles. The van der Waals surface area contributed by atoms with Crippen LogP contribution >= 0.6 is 58.0 Å². The molecular weight excluding hydrogens is 588 g/mol. The van der Waals surface area contributed by atoms with Gasteiger partial charge in [0.2, 0.25) is 12.2 Å². The first kappa shape index (κ1) is 28.8. The van der Waals surface area contributed by atoms with Crippen molar-refractivity contribution in [3.8, 4) is 0 Å². The Morgan fingerprint density at radius 3 is 2.34 bits per heavy atom. The number of carbonyl (C=O) groups excluding carboxylic acids is 1. The van der Waals surface area contributed by atoms with Crippen LogP contribution in [0.2, 0.25) is 25.1 Å². The zero-order chi connectivity index (χ0) is 27.2. The van der Waals surface area contributed by atoms with Crippen LogP contribution in [0.25, 0.3) is 0 Å². The molecule has 0 aliphatic carbocycles. The van der Waals surface area contributed by atoms with Crippen LogP contribution < -0.4 is 9.88 Å². The second-order valence-electron chi connectivity index (χ2n) is 8.81. The molecule has 1 unspecified atom stereocenters. The van der Waals surface area contributed by atoms with Crippen LogP contribution in [0.4, 0.5) is 5.69 Å². The molecule has 4 rings (SSSR count). The van der Waals surface area contributed by atoms with Crippen molar-refractivity contribution in [2.45, 2.75) is 39.1 Å². The van der Waals surface area contributed by atoms with Crippen LogP contribution in [-0.4, -0.2) is 10.5 Å². The Balaban J connectivity index is 1.42. The Hall–Kier alpha value is -2.25. The lowest BCUT2D eigenvalue weighted by Crippen LogP contribution is -2.35. The number of aromatic nitrogens is 2. The molecule has 1 heterocycles. The highest BCUT2D eigenvalue weighted by molar-refractivity contribution is 6.35. The van der Waals surface area contributed by atoms with E-state index in [0.717, 1.165) is 22.4 Å². The van der Waals surface area contributed by atoms with E-state index in [0.29, 0.717) is 44.6 Å². The van der Waals surface area contributed by atoms with Gasteiger partial charge < -0.3 is 10.1 Å². The van der Waals surface area contributed by atoms with E-state index in [1.54, 1.807) is 36.4 Å². The number of benzene rings is 3. The van der Waals surface area contributed by atoms with E-state index in [-0.39, 0.29) is 18.6 Å². The van der Waals surface area contributed by atoms with Crippen LogP contribution in [0.1, 0.15) is 29.2 Å². The van der Waals surface area contributed by atoms with Gasteiger partial charge in [-0.05, 0) is 60.5 Å². The maximum absolute atomic E-state index is 12.5. The molecule has 0 bridgehead atoms. The Morgan fingerprint density at radius 2 is 1.63 bits per heavy atom. The molecule has 5 nitrogen and oxygen atoms in total. The summed E-state index contributed by atoms with van der Waals surface area (Å²) in [5.74, 6) is -0.0790. The number of ether oxygens (including phenoxy) is 1. The predicted octanol–water partition coefficient (Wildman–Crippen LogP) is 8.34. The zero-order valence-corrected chi connectivity index (χ0v) is 24.2. The van der Waals surface area contributed by atoms with Gasteiger partial charge in [-0.2, -0.15) is 0 Å². The fraction of sp³-hybridized carbons (Fsp3) is 0.214. The molecule has 1 amide bonds. The summed E-state index contributed by atoms with van der Waals surface area (Å²) in [5, 5.41) is 5.72.